The van der Waals surface area contributed by atoms with Gasteiger partial charge in [0.05, 0.1) is 17.8 Å². The van der Waals surface area contributed by atoms with E-state index in [1.165, 1.54) is 0 Å². The summed E-state index contributed by atoms with van der Waals surface area (Å²) in [5.41, 5.74) is -2.89. The monoisotopic (exact) mass is 352 g/mol. The maximum Gasteiger partial charge on any atom is 0.421 e. The molecule has 0 N–H and O–H groups in total. The lowest BCUT2D eigenvalue weighted by atomic mass is 9.64. The number of hydrogen-bond donors (Lipinski definition) is 0. The number of para-hydroxylation sites is 1. The summed E-state index contributed by atoms with van der Waals surface area (Å²) in [7, 11) is 1.75. The van der Waals surface area contributed by atoms with Gasteiger partial charge in [0.1, 0.15) is 11.0 Å². The predicted octanol–water partition coefficient (Wildman–Crippen LogP) is 2.19. The number of carbonyl (C=O) groups excluding carboxylic acids is 2. The van der Waals surface area contributed by atoms with Crippen LogP contribution < -0.4 is 4.90 Å². The number of nitrogens with zero attached hydrogens (tertiary/aromatic N) is 4. The van der Waals surface area contributed by atoms with E-state index >= 15 is 0 Å². The molecule has 1 aromatic rings. The fourth-order valence-electron chi connectivity index (χ4n) is 3.92. The lowest BCUT2D eigenvalue weighted by Gasteiger charge is -2.31. The number of rotatable bonds is 0. The van der Waals surface area contributed by atoms with Crippen molar-refractivity contribution in [2.75, 3.05) is 25.0 Å². The van der Waals surface area contributed by atoms with Gasteiger partial charge in [-0.1, -0.05) is 18.2 Å². The zero-order chi connectivity index (χ0) is 19.3. The third kappa shape index (κ3) is 2.21. The first-order chi connectivity index (χ1) is 12.1. The normalized spacial score (nSPS) is 24.2. The summed E-state index contributed by atoms with van der Waals surface area (Å²) < 4.78 is 5.40. The van der Waals surface area contributed by atoms with Gasteiger partial charge in [0.2, 0.25) is 0 Å². The molecule has 7 heteroatoms. The third-order valence-electron chi connectivity index (χ3n) is 4.87. The number of ether oxygens (including phenoxy) is 1. The van der Waals surface area contributed by atoms with Crippen LogP contribution in [0, 0.1) is 28.1 Å². The lowest BCUT2D eigenvalue weighted by molar-refractivity contribution is -0.124. The lowest BCUT2D eigenvalue weighted by Crippen LogP contribution is -2.53. The highest BCUT2D eigenvalue weighted by Gasteiger charge is 2.69. The molecule has 2 amide bonds. The minimum absolute atomic E-state index is 0.127. The Morgan fingerprint density at radius 1 is 1.19 bits per heavy atom. The van der Waals surface area contributed by atoms with Crippen LogP contribution in [0.2, 0.25) is 0 Å². The number of likely N-dealkylation sites (tertiary alicyclic amines) is 1. The van der Waals surface area contributed by atoms with Gasteiger partial charge in [-0.2, -0.15) is 10.5 Å². The van der Waals surface area contributed by atoms with Crippen LogP contribution in [0.5, 0.6) is 0 Å². The van der Waals surface area contributed by atoms with Crippen molar-refractivity contribution in [1.82, 2.24) is 4.90 Å². The van der Waals surface area contributed by atoms with Crippen molar-refractivity contribution in [1.29, 1.82) is 10.5 Å². The third-order valence-corrected chi connectivity index (χ3v) is 4.87. The van der Waals surface area contributed by atoms with E-state index in [1.54, 1.807) is 57.0 Å². The van der Waals surface area contributed by atoms with Crippen LogP contribution in [-0.2, 0) is 14.9 Å². The van der Waals surface area contributed by atoms with Crippen LogP contribution in [-0.4, -0.2) is 42.6 Å². The van der Waals surface area contributed by atoms with Crippen molar-refractivity contribution in [3.05, 3.63) is 29.8 Å². The molecule has 2 aliphatic rings. The van der Waals surface area contributed by atoms with Crippen molar-refractivity contribution in [2.24, 2.45) is 5.41 Å². The molecule has 1 fully saturated rings. The van der Waals surface area contributed by atoms with Crippen LogP contribution in [0.3, 0.4) is 0 Å². The van der Waals surface area contributed by atoms with Crippen LogP contribution in [0.4, 0.5) is 10.5 Å². The molecule has 134 valence electrons. The Morgan fingerprint density at radius 2 is 1.81 bits per heavy atom. The largest absolute Gasteiger partial charge is 0.443 e. The number of likely N-dealkylation sites (N-methyl/N-ethyl adjacent to an activating group) is 1. The average Bonchev–Trinajstić information content (AvgIpc) is 3.00. The highest BCUT2D eigenvalue weighted by Crippen LogP contribution is 2.55. The average molecular weight is 352 g/mol. The van der Waals surface area contributed by atoms with Crippen LogP contribution in [0.1, 0.15) is 26.3 Å². The first kappa shape index (κ1) is 17.9. The Morgan fingerprint density at radius 3 is 2.38 bits per heavy atom. The molecule has 0 unspecified atom stereocenters. The van der Waals surface area contributed by atoms with Gasteiger partial charge in [-0.05, 0) is 39.4 Å². The minimum Gasteiger partial charge on any atom is -0.443 e. The summed E-state index contributed by atoms with van der Waals surface area (Å²) in [5, 5.41) is 19.7. The van der Waals surface area contributed by atoms with Crippen molar-refractivity contribution < 1.29 is 14.3 Å². The molecule has 1 atom stereocenters. The van der Waals surface area contributed by atoms with E-state index in [2.05, 4.69) is 12.1 Å². The number of benzene rings is 1. The van der Waals surface area contributed by atoms with E-state index in [1.807, 2.05) is 0 Å². The molecule has 0 saturated carbocycles. The first-order valence-corrected chi connectivity index (χ1v) is 8.30. The summed E-state index contributed by atoms with van der Waals surface area (Å²) in [6, 6.07) is 10.9. The van der Waals surface area contributed by atoms with Crippen molar-refractivity contribution in [2.45, 2.75) is 31.8 Å². The van der Waals surface area contributed by atoms with E-state index in [0.717, 1.165) is 4.90 Å². The van der Waals surface area contributed by atoms with Gasteiger partial charge in [-0.3, -0.25) is 4.79 Å². The molecule has 1 spiro atoms. The minimum atomic E-state index is -1.58. The van der Waals surface area contributed by atoms with Gasteiger partial charge in [-0.25, -0.2) is 9.69 Å². The fraction of sp³-hybridized carbons (Fsp3) is 0.474. The van der Waals surface area contributed by atoms with Gasteiger partial charge < -0.3 is 9.64 Å². The second-order valence-electron chi connectivity index (χ2n) is 7.84. The molecule has 0 aromatic heterocycles. The molecule has 0 bridgehead atoms. The van der Waals surface area contributed by atoms with Crippen LogP contribution in [0.25, 0.3) is 0 Å². The number of imide groups is 1. The summed E-state index contributed by atoms with van der Waals surface area (Å²) >= 11 is 0. The Labute approximate surface area is 152 Å². The zero-order valence-corrected chi connectivity index (χ0v) is 15.2. The molecule has 1 aromatic carbocycles. The molecular weight excluding hydrogens is 332 g/mol. The maximum atomic E-state index is 13.5. The first-order valence-electron chi connectivity index (χ1n) is 8.30. The van der Waals surface area contributed by atoms with E-state index in [9.17, 15) is 20.1 Å². The van der Waals surface area contributed by atoms with Gasteiger partial charge >= 0.3 is 6.09 Å². The van der Waals surface area contributed by atoms with E-state index in [-0.39, 0.29) is 13.1 Å². The predicted molar refractivity (Wildman–Crippen MR) is 93.0 cm³/mol. The second kappa shape index (κ2) is 5.55. The Bertz CT molecular complexity index is 860. The number of fused-ring (bicyclic) bond motifs is 2. The molecule has 0 radical (unpaired) electrons. The van der Waals surface area contributed by atoms with Crippen molar-refractivity contribution in [3.63, 3.8) is 0 Å². The topological polar surface area (TPSA) is 97.4 Å². The summed E-state index contributed by atoms with van der Waals surface area (Å²) in [6.45, 7) is 5.45. The fourth-order valence-corrected chi connectivity index (χ4v) is 3.92. The number of anilines is 1. The molecule has 26 heavy (non-hydrogen) atoms. The molecule has 2 aliphatic heterocycles. The second-order valence-corrected chi connectivity index (χ2v) is 7.84. The smallest absolute Gasteiger partial charge is 0.421 e. The van der Waals surface area contributed by atoms with E-state index in [4.69, 9.17) is 4.74 Å². The molecule has 1 saturated heterocycles. The Kier molecular flexibility index (Phi) is 3.82. The van der Waals surface area contributed by atoms with Gasteiger partial charge in [0, 0.05) is 13.1 Å². The molecular formula is C19H20N4O3. The maximum absolute atomic E-state index is 13.5. The van der Waals surface area contributed by atoms with Crippen molar-refractivity contribution in [3.8, 4) is 12.1 Å². The molecule has 2 heterocycles. The quantitative estimate of drug-likeness (QED) is 0.710. The number of carbonyl (C=O) groups is 2. The zero-order valence-electron chi connectivity index (χ0n) is 15.2. The number of amides is 2. The Balaban J connectivity index is 2.22. The van der Waals surface area contributed by atoms with Gasteiger partial charge in [0.15, 0.2) is 5.41 Å². The molecule has 0 aliphatic carbocycles. The summed E-state index contributed by atoms with van der Waals surface area (Å²) in [4.78, 5) is 29.0. The number of nitriles is 2. The van der Waals surface area contributed by atoms with Crippen LogP contribution in [0.15, 0.2) is 24.3 Å². The van der Waals surface area contributed by atoms with E-state index < -0.39 is 28.4 Å². The number of hydrogen-bond acceptors (Lipinski definition) is 6. The van der Waals surface area contributed by atoms with Crippen molar-refractivity contribution >= 4 is 17.7 Å². The Hall–Kier alpha value is -2.90. The van der Waals surface area contributed by atoms with Crippen LogP contribution >= 0.6 is 0 Å². The highest BCUT2D eigenvalue weighted by atomic mass is 16.6. The van der Waals surface area contributed by atoms with Gasteiger partial charge in [0.25, 0.3) is 5.91 Å². The molecule has 7 nitrogen and oxygen atoms in total. The summed E-state index contributed by atoms with van der Waals surface area (Å²) in [5.74, 6) is -0.583. The molecule has 3 rings (SSSR count). The SMILES string of the molecule is CN1CC(C#N)(C#N)[C@@]2(C1)C(=O)N(C(=O)OC(C)(C)C)c1ccccc12. The summed E-state index contributed by atoms with van der Waals surface area (Å²) in [6.07, 6.45) is -0.800. The standard InChI is InChI=1S/C19H20N4O3/c1-17(2,3)26-16(25)23-14-8-6-5-7-13(14)19(15(23)24)12-22(4)11-18(19,9-20)10-21/h5-8H,11-12H2,1-4H3/t19-/m1/s1. The van der Waals surface area contributed by atoms with Gasteiger partial charge in [-0.15, -0.1) is 0 Å². The van der Waals surface area contributed by atoms with E-state index in [0.29, 0.717) is 11.3 Å². The highest BCUT2D eigenvalue weighted by molar-refractivity contribution is 6.22.